The minimum atomic E-state index is 0.0743. The van der Waals surface area contributed by atoms with Crippen LogP contribution in [0, 0.1) is 0 Å². The van der Waals surface area contributed by atoms with Crippen LogP contribution in [0.2, 0.25) is 0 Å². The van der Waals surface area contributed by atoms with Crippen molar-refractivity contribution in [3.63, 3.8) is 0 Å². The van der Waals surface area contributed by atoms with Crippen LogP contribution in [0.25, 0.3) is 0 Å². The van der Waals surface area contributed by atoms with Crippen LogP contribution in [0.1, 0.15) is 36.8 Å². The van der Waals surface area contributed by atoms with Gasteiger partial charge >= 0.3 is 0 Å². The van der Waals surface area contributed by atoms with Crippen LogP contribution < -0.4 is 20.1 Å². The minimum Gasteiger partial charge on any atom is -0.493 e. The van der Waals surface area contributed by atoms with Gasteiger partial charge in [-0.15, -0.1) is 0 Å². The summed E-state index contributed by atoms with van der Waals surface area (Å²) >= 11 is 5.66. The topological polar surface area (TPSA) is 58.7 Å². The first-order valence-corrected chi connectivity index (χ1v) is 13.0. The van der Waals surface area contributed by atoms with Gasteiger partial charge in [0.05, 0.1) is 26.1 Å². The van der Waals surface area contributed by atoms with Gasteiger partial charge in [-0.05, 0) is 79.8 Å². The first-order valence-electron chi connectivity index (χ1n) is 12.6. The summed E-state index contributed by atoms with van der Waals surface area (Å²) in [6.07, 6.45) is 7.85. The van der Waals surface area contributed by atoms with E-state index in [-0.39, 0.29) is 5.41 Å². The molecule has 1 aromatic heterocycles. The Labute approximate surface area is 219 Å². The molecule has 188 valence electrons. The van der Waals surface area contributed by atoms with Crippen molar-refractivity contribution in [2.45, 2.75) is 49.7 Å². The smallest absolute Gasteiger partial charge is 0.171 e. The maximum absolute atomic E-state index is 5.68. The fraction of sp³-hybridized carbons (Fsp3) is 0.379. The Morgan fingerprint density at radius 2 is 1.89 bits per heavy atom. The Kier molecular flexibility index (Phi) is 7.39. The average molecular weight is 503 g/mol. The summed E-state index contributed by atoms with van der Waals surface area (Å²) in [5, 5.41) is 7.53. The predicted octanol–water partition coefficient (Wildman–Crippen LogP) is 5.15. The van der Waals surface area contributed by atoms with Crippen molar-refractivity contribution in [3.8, 4) is 11.5 Å². The monoisotopic (exact) mass is 502 g/mol. The highest BCUT2D eigenvalue weighted by Crippen LogP contribution is 2.50. The molecule has 2 N–H and O–H groups in total. The third kappa shape index (κ3) is 5.04. The zero-order chi connectivity index (χ0) is 25.0. The fourth-order valence-electron chi connectivity index (χ4n) is 6.05. The molecule has 3 atom stereocenters. The van der Waals surface area contributed by atoms with E-state index in [4.69, 9.17) is 21.7 Å². The van der Waals surface area contributed by atoms with Gasteiger partial charge in [0.15, 0.2) is 16.6 Å². The van der Waals surface area contributed by atoms with E-state index in [1.165, 1.54) is 11.1 Å². The van der Waals surface area contributed by atoms with Crippen molar-refractivity contribution in [3.05, 3.63) is 84.2 Å². The number of benzene rings is 2. The lowest BCUT2D eigenvalue weighted by Gasteiger charge is -2.46. The molecule has 2 aliphatic rings. The van der Waals surface area contributed by atoms with Crippen LogP contribution in [0.4, 0.5) is 5.69 Å². The average Bonchev–Trinajstić information content (AvgIpc) is 3.28. The van der Waals surface area contributed by atoms with E-state index in [1.807, 2.05) is 12.1 Å². The van der Waals surface area contributed by atoms with E-state index < -0.39 is 0 Å². The van der Waals surface area contributed by atoms with Gasteiger partial charge in [0.25, 0.3) is 0 Å². The summed E-state index contributed by atoms with van der Waals surface area (Å²) < 4.78 is 11.2. The van der Waals surface area contributed by atoms with Crippen molar-refractivity contribution < 1.29 is 9.47 Å². The second-order valence-corrected chi connectivity index (χ2v) is 10.2. The number of pyridine rings is 1. The Morgan fingerprint density at radius 3 is 2.64 bits per heavy atom. The van der Waals surface area contributed by atoms with Gasteiger partial charge in [0.1, 0.15) is 0 Å². The molecule has 0 radical (unpaired) electrons. The number of aromatic nitrogens is 1. The largest absolute Gasteiger partial charge is 0.493 e. The van der Waals surface area contributed by atoms with Gasteiger partial charge in [-0.2, -0.15) is 0 Å². The van der Waals surface area contributed by atoms with E-state index in [0.717, 1.165) is 56.0 Å². The van der Waals surface area contributed by atoms with Crippen molar-refractivity contribution >= 4 is 23.0 Å². The number of nitrogens with zero attached hydrogens (tertiary/aromatic N) is 2. The molecule has 36 heavy (non-hydrogen) atoms. The van der Waals surface area contributed by atoms with E-state index in [0.29, 0.717) is 17.2 Å². The molecule has 0 unspecified atom stereocenters. The molecule has 1 saturated heterocycles. The molecule has 1 saturated carbocycles. The Balaban J connectivity index is 1.39. The number of nitrogens with one attached hydrogen (secondary N) is 2. The lowest BCUT2D eigenvalue weighted by atomic mass is 9.65. The fourth-order valence-corrected chi connectivity index (χ4v) is 6.34. The van der Waals surface area contributed by atoms with Gasteiger partial charge in [-0.3, -0.25) is 9.88 Å². The third-order valence-electron chi connectivity index (χ3n) is 7.81. The number of rotatable bonds is 7. The van der Waals surface area contributed by atoms with Crippen LogP contribution >= 0.6 is 12.2 Å². The highest BCUT2D eigenvalue weighted by molar-refractivity contribution is 7.80. The lowest BCUT2D eigenvalue weighted by Crippen LogP contribution is -2.52. The zero-order valence-electron chi connectivity index (χ0n) is 20.9. The first-order chi connectivity index (χ1) is 17.6. The second-order valence-electron chi connectivity index (χ2n) is 9.76. The number of methoxy groups -OCH3 is 2. The van der Waals surface area contributed by atoms with Gasteiger partial charge < -0.3 is 20.1 Å². The Morgan fingerprint density at radius 1 is 1.06 bits per heavy atom. The highest BCUT2D eigenvalue weighted by atomic mass is 32.1. The number of likely N-dealkylation sites (tertiary alicyclic amines) is 1. The third-order valence-corrected chi connectivity index (χ3v) is 8.03. The number of hydrogen-bond donors (Lipinski definition) is 2. The molecule has 1 aliphatic heterocycles. The van der Waals surface area contributed by atoms with Crippen molar-refractivity contribution in [2.75, 3.05) is 26.1 Å². The maximum atomic E-state index is 5.68. The molecule has 0 bridgehead atoms. The number of ether oxygens (including phenoxy) is 2. The van der Waals surface area contributed by atoms with Crippen molar-refractivity contribution in [1.29, 1.82) is 0 Å². The van der Waals surface area contributed by atoms with Gasteiger partial charge in [-0.25, -0.2) is 0 Å². The number of anilines is 1. The SMILES string of the molecule is COc1ccc([C@@]23CC[C@@H](NC(=S)Nc4cccnc4)C[C@@H]2N(Cc2ccccc2)CC3)cc1OC. The Bertz CT molecular complexity index is 1180. The lowest BCUT2D eigenvalue weighted by molar-refractivity contribution is 0.134. The van der Waals surface area contributed by atoms with E-state index >= 15 is 0 Å². The minimum absolute atomic E-state index is 0.0743. The summed E-state index contributed by atoms with van der Waals surface area (Å²) in [7, 11) is 3.40. The van der Waals surface area contributed by atoms with Crippen LogP contribution in [0.5, 0.6) is 11.5 Å². The number of thiocarbonyl (C=S) groups is 1. The summed E-state index contributed by atoms with van der Waals surface area (Å²) in [6, 6.07) is 21.8. The molecule has 1 aliphatic carbocycles. The predicted molar refractivity (Wildman–Crippen MR) is 148 cm³/mol. The molecule has 7 heteroatoms. The standard InChI is InChI=1S/C29H34N4O2S/c1-34-25-11-10-22(17-26(25)35-2)29-13-12-23(31-28(36)32-24-9-6-15-30-19-24)18-27(29)33(16-14-29)20-21-7-4-3-5-8-21/h3-11,15,17,19,23,27H,12-14,16,18,20H2,1-2H3,(H2,31,32,36)/t23-,27+,29+/m1/s1. The molecule has 2 aromatic carbocycles. The molecule has 6 nitrogen and oxygen atoms in total. The summed E-state index contributed by atoms with van der Waals surface area (Å²) in [4.78, 5) is 6.84. The number of fused-ring (bicyclic) bond motifs is 1. The quantitative estimate of drug-likeness (QED) is 0.433. The molecule has 0 amide bonds. The molecule has 0 spiro atoms. The molecule has 5 rings (SSSR count). The van der Waals surface area contributed by atoms with Gasteiger partial charge in [0, 0.05) is 30.2 Å². The molecule has 3 aromatic rings. The molecular formula is C29H34N4O2S. The van der Waals surface area contributed by atoms with Crippen LogP contribution in [0.3, 0.4) is 0 Å². The summed E-state index contributed by atoms with van der Waals surface area (Å²) in [5.74, 6) is 1.57. The molecule has 2 heterocycles. The van der Waals surface area contributed by atoms with Gasteiger partial charge in [-0.1, -0.05) is 36.4 Å². The normalized spacial score (nSPS) is 23.5. The number of hydrogen-bond acceptors (Lipinski definition) is 5. The van der Waals surface area contributed by atoms with Crippen LogP contribution in [-0.4, -0.2) is 47.8 Å². The summed E-state index contributed by atoms with van der Waals surface area (Å²) in [6.45, 7) is 2.02. The van der Waals surface area contributed by atoms with E-state index in [2.05, 4.69) is 69.0 Å². The van der Waals surface area contributed by atoms with Crippen LogP contribution in [0.15, 0.2) is 73.1 Å². The zero-order valence-corrected chi connectivity index (χ0v) is 21.8. The van der Waals surface area contributed by atoms with E-state index in [1.54, 1.807) is 26.6 Å². The van der Waals surface area contributed by atoms with Crippen molar-refractivity contribution in [1.82, 2.24) is 15.2 Å². The molecule has 2 fully saturated rings. The second kappa shape index (κ2) is 10.8. The first kappa shape index (κ1) is 24.5. The Hall–Kier alpha value is -3.16. The van der Waals surface area contributed by atoms with Gasteiger partial charge in [0.2, 0.25) is 0 Å². The van der Waals surface area contributed by atoms with Crippen molar-refractivity contribution in [2.24, 2.45) is 0 Å². The molecular weight excluding hydrogens is 468 g/mol. The van der Waals surface area contributed by atoms with Crippen LogP contribution in [-0.2, 0) is 12.0 Å². The maximum Gasteiger partial charge on any atom is 0.171 e. The highest BCUT2D eigenvalue weighted by Gasteiger charge is 2.51. The summed E-state index contributed by atoms with van der Waals surface area (Å²) in [5.41, 5.74) is 3.67. The van der Waals surface area contributed by atoms with E-state index in [9.17, 15) is 0 Å².